The topological polar surface area (TPSA) is 88.5 Å². The number of nitrogens with one attached hydrogen (secondary N) is 1. The fourth-order valence-corrected chi connectivity index (χ4v) is 2.33. The highest BCUT2D eigenvalue weighted by atomic mass is 16.5. The van der Waals surface area contributed by atoms with Crippen LogP contribution in [-0.4, -0.2) is 35.1 Å². The Kier molecular flexibility index (Phi) is 3.99. The Hall–Kier alpha value is -2.11. The van der Waals surface area contributed by atoms with Crippen LogP contribution in [0.2, 0.25) is 0 Å². The Morgan fingerprint density at radius 1 is 1.47 bits per heavy atom. The maximum Gasteiger partial charge on any atom is 0.306 e. The molecule has 1 aromatic heterocycles. The summed E-state index contributed by atoms with van der Waals surface area (Å²) in [6.45, 7) is 0. The maximum atomic E-state index is 12.1. The minimum atomic E-state index is -0.796. The van der Waals surface area contributed by atoms with Gasteiger partial charge in [0.25, 0.3) is 5.91 Å². The molecule has 0 spiro atoms. The van der Waals surface area contributed by atoms with E-state index in [0.29, 0.717) is 24.8 Å². The summed E-state index contributed by atoms with van der Waals surface area (Å²) in [6, 6.07) is 3.19. The third-order valence-electron chi connectivity index (χ3n) is 3.33. The normalized spacial score (nSPS) is 21.9. The number of ether oxygens (including phenoxy) is 1. The first kappa shape index (κ1) is 13.3. The zero-order chi connectivity index (χ0) is 13.8. The van der Waals surface area contributed by atoms with Crippen LogP contribution in [0.3, 0.4) is 0 Å². The van der Waals surface area contributed by atoms with Gasteiger partial charge in [-0.1, -0.05) is 0 Å². The van der Waals surface area contributed by atoms with E-state index in [1.165, 1.54) is 7.11 Å². The molecule has 19 heavy (non-hydrogen) atoms. The summed E-state index contributed by atoms with van der Waals surface area (Å²) in [6.07, 6.45) is 3.31. The minimum Gasteiger partial charge on any atom is -0.481 e. The van der Waals surface area contributed by atoms with Gasteiger partial charge in [-0.2, -0.15) is 0 Å². The van der Waals surface area contributed by atoms with E-state index in [0.717, 1.165) is 0 Å². The molecule has 1 aromatic rings. The average molecular weight is 264 g/mol. The van der Waals surface area contributed by atoms with Gasteiger partial charge in [0.2, 0.25) is 5.88 Å². The highest BCUT2D eigenvalue weighted by Gasteiger charge is 2.31. The fourth-order valence-electron chi connectivity index (χ4n) is 2.33. The SMILES string of the molecule is COc1ncccc1C(=O)N[C@@H]1CC[C@H](C(=O)O)C1. The number of carbonyl (C=O) groups is 2. The van der Waals surface area contributed by atoms with Crippen molar-refractivity contribution in [1.29, 1.82) is 0 Å². The first-order valence-electron chi connectivity index (χ1n) is 6.14. The summed E-state index contributed by atoms with van der Waals surface area (Å²) >= 11 is 0. The molecular formula is C13H16N2O4. The van der Waals surface area contributed by atoms with E-state index in [4.69, 9.17) is 9.84 Å². The predicted molar refractivity (Wildman–Crippen MR) is 67.0 cm³/mol. The lowest BCUT2D eigenvalue weighted by molar-refractivity contribution is -0.141. The van der Waals surface area contributed by atoms with E-state index < -0.39 is 5.97 Å². The van der Waals surface area contributed by atoms with Crippen LogP contribution in [0.15, 0.2) is 18.3 Å². The Labute approximate surface area is 110 Å². The number of aromatic nitrogens is 1. The summed E-state index contributed by atoms with van der Waals surface area (Å²) in [5, 5.41) is 11.8. The molecule has 0 aromatic carbocycles. The standard InChI is InChI=1S/C13H16N2O4/c1-19-12-10(3-2-6-14-12)11(16)15-9-5-4-8(7-9)13(17)18/h2-3,6,8-9H,4-5,7H2,1H3,(H,15,16)(H,17,18)/t8-,9+/m0/s1. The van der Waals surface area contributed by atoms with Crippen LogP contribution in [0, 0.1) is 5.92 Å². The molecule has 2 rings (SSSR count). The number of rotatable bonds is 4. The number of pyridine rings is 1. The Morgan fingerprint density at radius 2 is 2.26 bits per heavy atom. The largest absolute Gasteiger partial charge is 0.481 e. The molecule has 2 N–H and O–H groups in total. The molecule has 6 nitrogen and oxygen atoms in total. The second-order valence-corrected chi connectivity index (χ2v) is 4.58. The molecule has 0 unspecified atom stereocenters. The van der Waals surface area contributed by atoms with E-state index in [2.05, 4.69) is 10.3 Å². The molecule has 1 heterocycles. The van der Waals surface area contributed by atoms with Crippen LogP contribution < -0.4 is 10.1 Å². The van der Waals surface area contributed by atoms with Gasteiger partial charge in [0, 0.05) is 12.2 Å². The van der Waals surface area contributed by atoms with Crippen LogP contribution in [0.25, 0.3) is 0 Å². The molecular weight excluding hydrogens is 248 g/mol. The van der Waals surface area contributed by atoms with E-state index in [1.807, 2.05) is 0 Å². The second-order valence-electron chi connectivity index (χ2n) is 4.58. The van der Waals surface area contributed by atoms with Crippen LogP contribution in [0.5, 0.6) is 5.88 Å². The van der Waals surface area contributed by atoms with Crippen molar-refractivity contribution in [3.05, 3.63) is 23.9 Å². The summed E-state index contributed by atoms with van der Waals surface area (Å²) in [5.74, 6) is -1.16. The van der Waals surface area contributed by atoms with Gasteiger partial charge < -0.3 is 15.2 Å². The Bertz CT molecular complexity index is 489. The van der Waals surface area contributed by atoms with E-state index in [9.17, 15) is 9.59 Å². The maximum absolute atomic E-state index is 12.1. The van der Waals surface area contributed by atoms with Crippen molar-refractivity contribution in [2.75, 3.05) is 7.11 Å². The number of carboxylic acid groups (broad SMARTS) is 1. The van der Waals surface area contributed by atoms with E-state index in [1.54, 1.807) is 18.3 Å². The summed E-state index contributed by atoms with van der Waals surface area (Å²) in [5.41, 5.74) is 0.365. The lowest BCUT2D eigenvalue weighted by Crippen LogP contribution is -2.33. The number of nitrogens with zero attached hydrogens (tertiary/aromatic N) is 1. The molecule has 2 atom stereocenters. The Morgan fingerprint density at radius 3 is 2.89 bits per heavy atom. The number of aliphatic carboxylic acids is 1. The Balaban J connectivity index is 2.00. The molecule has 1 amide bonds. The number of methoxy groups -OCH3 is 1. The zero-order valence-corrected chi connectivity index (χ0v) is 10.6. The molecule has 0 radical (unpaired) electrons. The summed E-state index contributed by atoms with van der Waals surface area (Å²) < 4.78 is 5.02. The number of carbonyl (C=O) groups excluding carboxylic acids is 1. The minimum absolute atomic E-state index is 0.0986. The molecule has 1 aliphatic carbocycles. The van der Waals surface area contributed by atoms with Gasteiger partial charge in [0.1, 0.15) is 5.56 Å². The van der Waals surface area contributed by atoms with Gasteiger partial charge >= 0.3 is 5.97 Å². The number of amides is 1. The third kappa shape index (κ3) is 3.01. The van der Waals surface area contributed by atoms with Crippen molar-refractivity contribution in [2.24, 2.45) is 5.92 Å². The van der Waals surface area contributed by atoms with Crippen LogP contribution in [-0.2, 0) is 4.79 Å². The molecule has 1 saturated carbocycles. The van der Waals surface area contributed by atoms with Crippen molar-refractivity contribution < 1.29 is 19.4 Å². The van der Waals surface area contributed by atoms with Gasteiger partial charge in [0.15, 0.2) is 0 Å². The highest BCUT2D eigenvalue weighted by molar-refractivity contribution is 5.96. The molecule has 102 valence electrons. The van der Waals surface area contributed by atoms with E-state index in [-0.39, 0.29) is 23.7 Å². The predicted octanol–water partition coefficient (Wildman–Crippen LogP) is 1.07. The molecule has 0 aliphatic heterocycles. The van der Waals surface area contributed by atoms with Crippen LogP contribution >= 0.6 is 0 Å². The smallest absolute Gasteiger partial charge is 0.306 e. The zero-order valence-electron chi connectivity index (χ0n) is 10.6. The molecule has 1 aliphatic rings. The number of carboxylic acids is 1. The van der Waals surface area contributed by atoms with Crippen molar-refractivity contribution in [2.45, 2.75) is 25.3 Å². The van der Waals surface area contributed by atoms with Gasteiger partial charge in [-0.15, -0.1) is 0 Å². The van der Waals surface area contributed by atoms with Gasteiger partial charge in [-0.25, -0.2) is 4.98 Å². The monoisotopic (exact) mass is 264 g/mol. The second kappa shape index (κ2) is 5.69. The fraction of sp³-hybridized carbons (Fsp3) is 0.462. The molecule has 1 fully saturated rings. The number of hydrogen-bond donors (Lipinski definition) is 2. The van der Waals surface area contributed by atoms with Crippen molar-refractivity contribution >= 4 is 11.9 Å². The first-order chi connectivity index (χ1) is 9.11. The number of hydrogen-bond acceptors (Lipinski definition) is 4. The molecule has 6 heteroatoms. The van der Waals surface area contributed by atoms with Gasteiger partial charge in [0.05, 0.1) is 13.0 Å². The third-order valence-corrected chi connectivity index (χ3v) is 3.33. The van der Waals surface area contributed by atoms with Crippen molar-refractivity contribution in [1.82, 2.24) is 10.3 Å². The van der Waals surface area contributed by atoms with E-state index >= 15 is 0 Å². The first-order valence-corrected chi connectivity index (χ1v) is 6.14. The summed E-state index contributed by atoms with van der Waals surface area (Å²) in [7, 11) is 1.45. The molecule has 0 bridgehead atoms. The van der Waals surface area contributed by atoms with Gasteiger partial charge in [-0.05, 0) is 31.4 Å². The average Bonchev–Trinajstić information content (AvgIpc) is 2.87. The van der Waals surface area contributed by atoms with Gasteiger partial charge in [-0.3, -0.25) is 9.59 Å². The summed E-state index contributed by atoms with van der Waals surface area (Å²) in [4.78, 5) is 26.9. The van der Waals surface area contributed by atoms with Crippen LogP contribution in [0.1, 0.15) is 29.6 Å². The lowest BCUT2D eigenvalue weighted by Gasteiger charge is -2.13. The molecule has 0 saturated heterocycles. The quantitative estimate of drug-likeness (QED) is 0.849. The lowest BCUT2D eigenvalue weighted by atomic mass is 10.1. The van der Waals surface area contributed by atoms with Crippen molar-refractivity contribution in [3.63, 3.8) is 0 Å². The van der Waals surface area contributed by atoms with Crippen molar-refractivity contribution in [3.8, 4) is 5.88 Å². The highest BCUT2D eigenvalue weighted by Crippen LogP contribution is 2.26. The van der Waals surface area contributed by atoms with Crippen LogP contribution in [0.4, 0.5) is 0 Å².